The van der Waals surface area contributed by atoms with Crippen LogP contribution in [0, 0.1) is 17.5 Å². The molecule has 1 aromatic rings. The van der Waals surface area contributed by atoms with E-state index in [2.05, 4.69) is 0 Å². The van der Waals surface area contributed by atoms with Crippen LogP contribution in [0.4, 0.5) is 13.2 Å². The number of hydrogen-bond acceptors (Lipinski definition) is 1. The van der Waals surface area contributed by atoms with E-state index in [9.17, 15) is 18.0 Å². The summed E-state index contributed by atoms with van der Waals surface area (Å²) in [5, 5.41) is 0. The van der Waals surface area contributed by atoms with Crippen molar-refractivity contribution in [2.75, 3.05) is 0 Å². The molecule has 0 atom stereocenters. The number of carbonyl (C=O) groups is 1. The van der Waals surface area contributed by atoms with E-state index >= 15 is 0 Å². The van der Waals surface area contributed by atoms with Gasteiger partial charge in [-0.3, -0.25) is 4.79 Å². The van der Waals surface area contributed by atoms with Crippen molar-refractivity contribution in [1.82, 2.24) is 4.90 Å². The summed E-state index contributed by atoms with van der Waals surface area (Å²) in [6, 6.07) is 0.928. The molecule has 1 aliphatic heterocycles. The molecule has 0 saturated heterocycles. The molecule has 1 aromatic carbocycles. The van der Waals surface area contributed by atoms with Crippen LogP contribution >= 0.6 is 0 Å². The van der Waals surface area contributed by atoms with Crippen molar-refractivity contribution < 1.29 is 18.0 Å². The average Bonchev–Trinajstić information content (AvgIpc) is 2.57. The van der Waals surface area contributed by atoms with Gasteiger partial charge in [-0.25, -0.2) is 13.2 Å². The quantitative estimate of drug-likeness (QED) is 0.499. The van der Waals surface area contributed by atoms with Crippen LogP contribution in [0.15, 0.2) is 6.07 Å². The van der Waals surface area contributed by atoms with Crippen LogP contribution in [0.1, 0.15) is 11.1 Å². The fraction of sp³-hybridized carbons (Fsp3) is 0.222. The third-order valence-corrected chi connectivity index (χ3v) is 2.24. The Labute approximate surface area is 77.9 Å². The number of carbonyl (C=O) groups excluding carboxylic acids is 1. The highest BCUT2D eigenvalue weighted by Crippen LogP contribution is 2.27. The molecule has 0 spiro atoms. The smallest absolute Gasteiger partial charge is 0.210 e. The number of amides is 1. The molecule has 0 aliphatic carbocycles. The van der Waals surface area contributed by atoms with Gasteiger partial charge in [0.15, 0.2) is 17.5 Å². The van der Waals surface area contributed by atoms with Gasteiger partial charge in [-0.1, -0.05) is 0 Å². The minimum absolute atomic E-state index is 0.00185. The first-order chi connectivity index (χ1) is 6.63. The SMILES string of the molecule is O=CN1Cc2cc(F)c(F)c(F)c2C1. The molecule has 1 aliphatic rings. The maximum absolute atomic E-state index is 13.1. The molecule has 0 unspecified atom stereocenters. The number of nitrogens with zero attached hydrogens (tertiary/aromatic N) is 1. The summed E-state index contributed by atoms with van der Waals surface area (Å²) in [6.45, 7) is 0.134. The Kier molecular flexibility index (Phi) is 1.94. The van der Waals surface area contributed by atoms with Gasteiger partial charge in [-0.05, 0) is 11.6 Å². The second-order valence-electron chi connectivity index (χ2n) is 3.13. The van der Waals surface area contributed by atoms with Crippen LogP contribution in [0.3, 0.4) is 0 Å². The first kappa shape index (κ1) is 9.05. The van der Waals surface area contributed by atoms with Gasteiger partial charge in [0.2, 0.25) is 6.41 Å². The van der Waals surface area contributed by atoms with Crippen LogP contribution in [0.2, 0.25) is 0 Å². The van der Waals surface area contributed by atoms with Gasteiger partial charge in [-0.15, -0.1) is 0 Å². The van der Waals surface area contributed by atoms with E-state index in [0.29, 0.717) is 12.0 Å². The predicted octanol–water partition coefficient (Wildman–Crippen LogP) is 1.58. The minimum Gasteiger partial charge on any atom is -0.336 e. The van der Waals surface area contributed by atoms with Gasteiger partial charge in [0, 0.05) is 18.7 Å². The number of fused-ring (bicyclic) bond motifs is 1. The number of hydrogen-bond donors (Lipinski definition) is 0. The Hall–Kier alpha value is -1.52. The topological polar surface area (TPSA) is 20.3 Å². The molecule has 14 heavy (non-hydrogen) atoms. The highest BCUT2D eigenvalue weighted by atomic mass is 19.2. The number of halogens is 3. The lowest BCUT2D eigenvalue weighted by atomic mass is 10.1. The zero-order valence-electron chi connectivity index (χ0n) is 7.06. The lowest BCUT2D eigenvalue weighted by Gasteiger charge is -2.04. The normalized spacial score (nSPS) is 14.4. The second kappa shape index (κ2) is 3.01. The third-order valence-electron chi connectivity index (χ3n) is 2.24. The molecule has 1 amide bonds. The van der Waals surface area contributed by atoms with Crippen molar-refractivity contribution in [2.45, 2.75) is 13.1 Å². The van der Waals surface area contributed by atoms with Crippen LogP contribution in [-0.4, -0.2) is 11.3 Å². The monoisotopic (exact) mass is 201 g/mol. The Bertz CT molecular complexity index is 406. The Balaban J connectivity index is 2.52. The predicted molar refractivity (Wildman–Crippen MR) is 41.6 cm³/mol. The Morgan fingerprint density at radius 1 is 1.21 bits per heavy atom. The molecule has 0 radical (unpaired) electrons. The standard InChI is InChI=1S/C9H6F3NO/c10-7-1-5-2-13(4-14)3-6(5)8(11)9(7)12/h1,4H,2-3H2. The van der Waals surface area contributed by atoms with Gasteiger partial charge >= 0.3 is 0 Å². The molecule has 1 heterocycles. The average molecular weight is 201 g/mol. The molecule has 0 aromatic heterocycles. The molecule has 74 valence electrons. The van der Waals surface area contributed by atoms with E-state index in [-0.39, 0.29) is 18.7 Å². The van der Waals surface area contributed by atoms with Crippen LogP contribution in [0.25, 0.3) is 0 Å². The molecule has 0 bridgehead atoms. The van der Waals surface area contributed by atoms with Crippen molar-refractivity contribution in [3.63, 3.8) is 0 Å². The van der Waals surface area contributed by atoms with E-state index in [4.69, 9.17) is 0 Å². The van der Waals surface area contributed by atoms with Gasteiger partial charge in [0.05, 0.1) is 0 Å². The molecule has 0 N–H and O–H groups in total. The largest absolute Gasteiger partial charge is 0.336 e. The zero-order valence-corrected chi connectivity index (χ0v) is 7.06. The van der Waals surface area contributed by atoms with E-state index in [1.165, 1.54) is 4.90 Å². The first-order valence-electron chi connectivity index (χ1n) is 3.98. The first-order valence-corrected chi connectivity index (χ1v) is 3.98. The maximum atomic E-state index is 13.1. The van der Waals surface area contributed by atoms with Gasteiger partial charge in [-0.2, -0.15) is 0 Å². The molecule has 0 saturated carbocycles. The summed E-state index contributed by atoms with van der Waals surface area (Å²) in [4.78, 5) is 11.6. The van der Waals surface area contributed by atoms with Crippen molar-refractivity contribution in [3.8, 4) is 0 Å². The van der Waals surface area contributed by atoms with E-state index < -0.39 is 17.5 Å². The molecular weight excluding hydrogens is 195 g/mol. The van der Waals surface area contributed by atoms with Gasteiger partial charge < -0.3 is 4.90 Å². The summed E-state index contributed by atoms with van der Waals surface area (Å²) in [5.41, 5.74) is 0.393. The summed E-state index contributed by atoms with van der Waals surface area (Å²) in [6.07, 6.45) is 0.523. The summed E-state index contributed by atoms with van der Waals surface area (Å²) < 4.78 is 38.6. The summed E-state index contributed by atoms with van der Waals surface area (Å²) in [5.74, 6) is -3.88. The lowest BCUT2D eigenvalue weighted by molar-refractivity contribution is -0.118. The van der Waals surface area contributed by atoms with Crippen molar-refractivity contribution >= 4 is 6.41 Å². The number of benzene rings is 1. The molecule has 5 heteroatoms. The van der Waals surface area contributed by atoms with E-state index in [0.717, 1.165) is 6.07 Å². The fourth-order valence-corrected chi connectivity index (χ4v) is 1.55. The highest BCUT2D eigenvalue weighted by Gasteiger charge is 2.25. The number of rotatable bonds is 1. The molecule has 2 nitrogen and oxygen atoms in total. The van der Waals surface area contributed by atoms with Crippen LogP contribution < -0.4 is 0 Å². The Morgan fingerprint density at radius 3 is 2.57 bits per heavy atom. The van der Waals surface area contributed by atoms with E-state index in [1.54, 1.807) is 0 Å². The van der Waals surface area contributed by atoms with Gasteiger partial charge in [0.1, 0.15) is 0 Å². The zero-order chi connectivity index (χ0) is 10.3. The molecule has 0 fully saturated rings. The molecule has 2 rings (SSSR count). The Morgan fingerprint density at radius 2 is 1.93 bits per heavy atom. The van der Waals surface area contributed by atoms with Gasteiger partial charge in [0.25, 0.3) is 0 Å². The van der Waals surface area contributed by atoms with Crippen molar-refractivity contribution in [2.24, 2.45) is 0 Å². The maximum Gasteiger partial charge on any atom is 0.210 e. The fourth-order valence-electron chi connectivity index (χ4n) is 1.55. The third kappa shape index (κ3) is 1.16. The van der Waals surface area contributed by atoms with E-state index in [1.807, 2.05) is 0 Å². The summed E-state index contributed by atoms with van der Waals surface area (Å²) in [7, 11) is 0. The van der Waals surface area contributed by atoms with Crippen LogP contribution in [-0.2, 0) is 17.9 Å². The minimum atomic E-state index is -1.48. The molecular formula is C9H6F3NO. The van der Waals surface area contributed by atoms with Crippen molar-refractivity contribution in [1.29, 1.82) is 0 Å². The second-order valence-corrected chi connectivity index (χ2v) is 3.13. The van der Waals surface area contributed by atoms with Crippen molar-refractivity contribution in [3.05, 3.63) is 34.6 Å². The summed E-state index contributed by atoms with van der Waals surface area (Å²) >= 11 is 0. The highest BCUT2D eigenvalue weighted by molar-refractivity contribution is 5.51. The lowest BCUT2D eigenvalue weighted by Crippen LogP contribution is -2.12. The van der Waals surface area contributed by atoms with Crippen LogP contribution in [0.5, 0.6) is 0 Å².